The SMILES string of the molecule is CCC(Oc1ccc([N+](=O)[O-])cc1C)C(N)=O. The molecule has 0 bridgehead atoms. The van der Waals surface area contributed by atoms with Gasteiger partial charge in [0.15, 0.2) is 6.10 Å². The Kier molecular flexibility index (Phi) is 4.03. The van der Waals surface area contributed by atoms with E-state index in [9.17, 15) is 14.9 Å². The number of carbonyl (C=O) groups is 1. The summed E-state index contributed by atoms with van der Waals surface area (Å²) in [4.78, 5) is 21.1. The molecule has 0 aliphatic heterocycles. The van der Waals surface area contributed by atoms with E-state index in [4.69, 9.17) is 10.5 Å². The van der Waals surface area contributed by atoms with Crippen LogP contribution in [0.1, 0.15) is 18.9 Å². The lowest BCUT2D eigenvalue weighted by atomic mass is 10.2. The van der Waals surface area contributed by atoms with E-state index >= 15 is 0 Å². The van der Waals surface area contributed by atoms with E-state index in [0.717, 1.165) is 0 Å². The number of nitro benzene ring substituents is 1. The molecule has 92 valence electrons. The fraction of sp³-hybridized carbons (Fsp3) is 0.364. The van der Waals surface area contributed by atoms with E-state index in [1.54, 1.807) is 13.8 Å². The predicted molar refractivity (Wildman–Crippen MR) is 61.7 cm³/mol. The molecule has 0 aliphatic rings. The van der Waals surface area contributed by atoms with E-state index < -0.39 is 16.9 Å². The Labute approximate surface area is 98.5 Å². The molecule has 0 radical (unpaired) electrons. The van der Waals surface area contributed by atoms with Crippen LogP contribution in [-0.2, 0) is 4.79 Å². The highest BCUT2D eigenvalue weighted by Crippen LogP contribution is 2.24. The standard InChI is InChI=1S/C11H14N2O4/c1-3-9(11(12)14)17-10-5-4-8(13(15)16)6-7(10)2/h4-6,9H,3H2,1-2H3,(H2,12,14). The van der Waals surface area contributed by atoms with Crippen molar-refractivity contribution in [2.45, 2.75) is 26.4 Å². The predicted octanol–water partition coefficient (Wildman–Crippen LogP) is 1.55. The number of nitro groups is 1. The lowest BCUT2D eigenvalue weighted by molar-refractivity contribution is -0.384. The molecule has 0 aliphatic carbocycles. The smallest absolute Gasteiger partial charge is 0.269 e. The summed E-state index contributed by atoms with van der Waals surface area (Å²) >= 11 is 0. The van der Waals surface area contributed by atoms with Crippen LogP contribution in [0.5, 0.6) is 5.75 Å². The monoisotopic (exact) mass is 238 g/mol. The number of amides is 1. The van der Waals surface area contributed by atoms with E-state index in [0.29, 0.717) is 17.7 Å². The van der Waals surface area contributed by atoms with Crippen LogP contribution in [0, 0.1) is 17.0 Å². The van der Waals surface area contributed by atoms with Gasteiger partial charge in [-0.1, -0.05) is 6.92 Å². The van der Waals surface area contributed by atoms with Gasteiger partial charge in [-0.05, 0) is 25.0 Å². The van der Waals surface area contributed by atoms with Gasteiger partial charge in [0.25, 0.3) is 11.6 Å². The van der Waals surface area contributed by atoms with Crippen LogP contribution in [0.4, 0.5) is 5.69 Å². The molecule has 2 N–H and O–H groups in total. The number of nitrogens with two attached hydrogens (primary N) is 1. The molecule has 1 aromatic rings. The molecule has 1 rings (SSSR count). The Bertz CT molecular complexity index is 445. The van der Waals surface area contributed by atoms with Gasteiger partial charge < -0.3 is 10.5 Å². The molecule has 6 heteroatoms. The van der Waals surface area contributed by atoms with Crippen molar-refractivity contribution in [2.75, 3.05) is 0 Å². The van der Waals surface area contributed by atoms with Crippen LogP contribution >= 0.6 is 0 Å². The quantitative estimate of drug-likeness (QED) is 0.621. The highest BCUT2D eigenvalue weighted by molar-refractivity contribution is 5.79. The first-order valence-electron chi connectivity index (χ1n) is 5.16. The Morgan fingerprint density at radius 2 is 2.24 bits per heavy atom. The number of benzene rings is 1. The average Bonchev–Trinajstić information content (AvgIpc) is 2.26. The van der Waals surface area contributed by atoms with Crippen LogP contribution < -0.4 is 10.5 Å². The minimum Gasteiger partial charge on any atom is -0.480 e. The molecule has 1 amide bonds. The summed E-state index contributed by atoms with van der Waals surface area (Å²) in [7, 11) is 0. The van der Waals surface area contributed by atoms with Crippen LogP contribution in [0.25, 0.3) is 0 Å². The number of ether oxygens (including phenoxy) is 1. The molecule has 1 aromatic carbocycles. The summed E-state index contributed by atoms with van der Waals surface area (Å²) < 4.78 is 5.39. The van der Waals surface area contributed by atoms with Crippen LogP contribution in [0.2, 0.25) is 0 Å². The number of nitrogens with zero attached hydrogens (tertiary/aromatic N) is 1. The topological polar surface area (TPSA) is 95.5 Å². The molecule has 6 nitrogen and oxygen atoms in total. The van der Waals surface area contributed by atoms with Crippen molar-refractivity contribution in [1.82, 2.24) is 0 Å². The van der Waals surface area contributed by atoms with E-state index in [1.807, 2.05) is 0 Å². The molecule has 0 fully saturated rings. The van der Waals surface area contributed by atoms with E-state index in [-0.39, 0.29) is 5.69 Å². The second-order valence-electron chi connectivity index (χ2n) is 3.62. The Morgan fingerprint density at radius 1 is 1.59 bits per heavy atom. The normalized spacial score (nSPS) is 11.9. The molecule has 0 spiro atoms. The first-order chi connectivity index (χ1) is 7.95. The maximum absolute atomic E-state index is 11.0. The molecule has 0 saturated heterocycles. The zero-order chi connectivity index (χ0) is 13.0. The van der Waals surface area contributed by atoms with Gasteiger partial charge in [0, 0.05) is 12.1 Å². The van der Waals surface area contributed by atoms with Crippen molar-refractivity contribution < 1.29 is 14.5 Å². The summed E-state index contributed by atoms with van der Waals surface area (Å²) in [5.74, 6) is -0.119. The molecular weight excluding hydrogens is 224 g/mol. The highest BCUT2D eigenvalue weighted by Gasteiger charge is 2.17. The van der Waals surface area contributed by atoms with Gasteiger partial charge in [-0.2, -0.15) is 0 Å². The van der Waals surface area contributed by atoms with Crippen molar-refractivity contribution >= 4 is 11.6 Å². The maximum Gasteiger partial charge on any atom is 0.269 e. The molecule has 17 heavy (non-hydrogen) atoms. The summed E-state index contributed by atoms with van der Waals surface area (Å²) in [6.07, 6.45) is -0.263. The summed E-state index contributed by atoms with van der Waals surface area (Å²) in [5, 5.41) is 10.5. The van der Waals surface area contributed by atoms with Crippen LogP contribution in [0.3, 0.4) is 0 Å². The maximum atomic E-state index is 11.0. The first kappa shape index (κ1) is 13.0. The van der Waals surface area contributed by atoms with Crippen molar-refractivity contribution in [2.24, 2.45) is 5.73 Å². The van der Waals surface area contributed by atoms with Gasteiger partial charge in [0.2, 0.25) is 0 Å². The van der Waals surface area contributed by atoms with Crippen LogP contribution in [-0.4, -0.2) is 16.9 Å². The van der Waals surface area contributed by atoms with Crippen molar-refractivity contribution in [3.8, 4) is 5.75 Å². The number of hydrogen-bond acceptors (Lipinski definition) is 4. The third kappa shape index (κ3) is 3.17. The zero-order valence-corrected chi connectivity index (χ0v) is 9.67. The Hall–Kier alpha value is -2.11. The highest BCUT2D eigenvalue weighted by atomic mass is 16.6. The number of hydrogen-bond donors (Lipinski definition) is 1. The van der Waals surface area contributed by atoms with Crippen molar-refractivity contribution in [3.05, 3.63) is 33.9 Å². The number of primary amides is 1. The zero-order valence-electron chi connectivity index (χ0n) is 9.67. The molecule has 1 atom stereocenters. The van der Waals surface area contributed by atoms with Gasteiger partial charge in [-0.15, -0.1) is 0 Å². The fourth-order valence-electron chi connectivity index (χ4n) is 1.38. The second kappa shape index (κ2) is 5.29. The molecule has 0 saturated carbocycles. The van der Waals surface area contributed by atoms with Crippen LogP contribution in [0.15, 0.2) is 18.2 Å². The second-order valence-corrected chi connectivity index (χ2v) is 3.62. The number of rotatable bonds is 5. The molecular formula is C11H14N2O4. The van der Waals surface area contributed by atoms with Gasteiger partial charge in [0.05, 0.1) is 4.92 Å². The molecule has 0 aromatic heterocycles. The lowest BCUT2D eigenvalue weighted by Gasteiger charge is -2.15. The van der Waals surface area contributed by atoms with Crippen molar-refractivity contribution in [3.63, 3.8) is 0 Å². The summed E-state index contributed by atoms with van der Waals surface area (Å²) in [5.41, 5.74) is 5.74. The number of carbonyl (C=O) groups excluding carboxylic acids is 1. The van der Waals surface area contributed by atoms with Gasteiger partial charge in [-0.25, -0.2) is 0 Å². The van der Waals surface area contributed by atoms with Crippen molar-refractivity contribution in [1.29, 1.82) is 0 Å². The Morgan fingerprint density at radius 3 is 2.65 bits per heavy atom. The summed E-state index contributed by atoms with van der Waals surface area (Å²) in [6.45, 7) is 3.45. The Balaban J connectivity index is 2.93. The first-order valence-corrected chi connectivity index (χ1v) is 5.16. The number of aryl methyl sites for hydroxylation is 1. The van der Waals surface area contributed by atoms with E-state index in [1.165, 1.54) is 18.2 Å². The third-order valence-electron chi connectivity index (χ3n) is 2.33. The molecule has 0 heterocycles. The van der Waals surface area contributed by atoms with Gasteiger partial charge in [0.1, 0.15) is 5.75 Å². The molecule has 1 unspecified atom stereocenters. The average molecular weight is 238 g/mol. The van der Waals surface area contributed by atoms with Gasteiger partial charge >= 0.3 is 0 Å². The largest absolute Gasteiger partial charge is 0.480 e. The minimum atomic E-state index is -0.713. The minimum absolute atomic E-state index is 0.0121. The van der Waals surface area contributed by atoms with E-state index in [2.05, 4.69) is 0 Å². The number of non-ortho nitro benzene ring substituents is 1. The third-order valence-corrected chi connectivity index (χ3v) is 2.33. The lowest BCUT2D eigenvalue weighted by Crippen LogP contribution is -2.33. The fourth-order valence-corrected chi connectivity index (χ4v) is 1.38. The van der Waals surface area contributed by atoms with Gasteiger partial charge in [-0.3, -0.25) is 14.9 Å². The summed E-state index contributed by atoms with van der Waals surface area (Å²) in [6, 6.07) is 4.19.